The molecule has 3 fully saturated rings. The molecule has 4 aliphatic rings. The summed E-state index contributed by atoms with van der Waals surface area (Å²) in [6.45, 7) is 15.2. The van der Waals surface area contributed by atoms with Crippen molar-refractivity contribution in [1.82, 2.24) is 0 Å². The molecule has 0 amide bonds. The lowest BCUT2D eigenvalue weighted by atomic mass is 9.82. The van der Waals surface area contributed by atoms with Gasteiger partial charge in [0.2, 0.25) is 0 Å². The lowest BCUT2D eigenvalue weighted by Gasteiger charge is -2.30. The van der Waals surface area contributed by atoms with E-state index in [4.69, 9.17) is 23.7 Å². The first kappa shape index (κ1) is 24.0. The quantitative estimate of drug-likeness (QED) is 0.202. The summed E-state index contributed by atoms with van der Waals surface area (Å²) in [7, 11) is 0. The van der Waals surface area contributed by atoms with Gasteiger partial charge in [0.1, 0.15) is 18.3 Å². The number of esters is 3. The second-order valence-electron chi connectivity index (χ2n) is 10.6. The Bertz CT molecular complexity index is 906. The lowest BCUT2D eigenvalue weighted by molar-refractivity contribution is -0.159. The van der Waals surface area contributed by atoms with Crippen molar-refractivity contribution in [3.05, 3.63) is 23.8 Å². The summed E-state index contributed by atoms with van der Waals surface area (Å²) in [6, 6.07) is 0. The minimum absolute atomic E-state index is 0.173. The van der Waals surface area contributed by atoms with Gasteiger partial charge in [-0.25, -0.2) is 9.59 Å². The zero-order chi connectivity index (χ0) is 24.3. The van der Waals surface area contributed by atoms with Crippen LogP contribution in [0, 0.1) is 11.8 Å². The summed E-state index contributed by atoms with van der Waals surface area (Å²) < 4.78 is 28.8. The van der Waals surface area contributed by atoms with Gasteiger partial charge in [-0.15, -0.1) is 0 Å². The first-order chi connectivity index (χ1) is 15.3. The highest BCUT2D eigenvalue weighted by atomic mass is 16.7. The largest absolute Gasteiger partial charge is 0.459 e. The van der Waals surface area contributed by atoms with Crippen molar-refractivity contribution in [2.45, 2.75) is 103 Å². The van der Waals surface area contributed by atoms with E-state index in [0.29, 0.717) is 19.3 Å². The molecule has 8 heteroatoms. The zero-order valence-electron chi connectivity index (χ0n) is 20.2. The Kier molecular flexibility index (Phi) is 5.98. The third-order valence-electron chi connectivity index (χ3n) is 7.32. The highest BCUT2D eigenvalue weighted by Crippen LogP contribution is 2.49. The van der Waals surface area contributed by atoms with E-state index in [1.54, 1.807) is 13.0 Å². The van der Waals surface area contributed by atoms with Crippen molar-refractivity contribution < 1.29 is 38.1 Å². The Labute approximate surface area is 194 Å². The van der Waals surface area contributed by atoms with Crippen LogP contribution < -0.4 is 0 Å². The Morgan fingerprint density at radius 1 is 1.24 bits per heavy atom. The molecule has 3 saturated heterocycles. The van der Waals surface area contributed by atoms with Crippen molar-refractivity contribution in [2.24, 2.45) is 11.8 Å². The Morgan fingerprint density at radius 2 is 1.91 bits per heavy atom. The van der Waals surface area contributed by atoms with Crippen LogP contribution in [0.4, 0.5) is 0 Å². The highest BCUT2D eigenvalue weighted by molar-refractivity contribution is 5.91. The number of rotatable bonds is 5. The van der Waals surface area contributed by atoms with Crippen molar-refractivity contribution >= 4 is 17.9 Å². The van der Waals surface area contributed by atoms with Gasteiger partial charge in [-0.3, -0.25) is 4.79 Å². The summed E-state index contributed by atoms with van der Waals surface area (Å²) in [4.78, 5) is 37.7. The van der Waals surface area contributed by atoms with Crippen LogP contribution >= 0.6 is 0 Å². The van der Waals surface area contributed by atoms with E-state index >= 15 is 0 Å². The fourth-order valence-electron chi connectivity index (χ4n) is 4.82. The summed E-state index contributed by atoms with van der Waals surface area (Å²) in [5.74, 6) is -1.65. The molecule has 3 aliphatic heterocycles. The van der Waals surface area contributed by atoms with Gasteiger partial charge in [-0.05, 0) is 45.3 Å². The predicted octanol–water partition coefficient (Wildman–Crippen LogP) is 3.03. The van der Waals surface area contributed by atoms with E-state index in [0.717, 1.165) is 5.57 Å². The Hall–Kier alpha value is -2.19. The average molecular weight is 463 g/mol. The molecule has 0 N–H and O–H groups in total. The van der Waals surface area contributed by atoms with Crippen molar-refractivity contribution in [1.29, 1.82) is 0 Å². The summed E-state index contributed by atoms with van der Waals surface area (Å²) in [5, 5.41) is 0. The third-order valence-corrected chi connectivity index (χ3v) is 7.32. The normalized spacial score (nSPS) is 42.0. The van der Waals surface area contributed by atoms with Gasteiger partial charge in [0.15, 0.2) is 5.60 Å². The molecule has 0 spiro atoms. The molecule has 8 nitrogen and oxygen atoms in total. The number of epoxide rings is 2. The second-order valence-corrected chi connectivity index (χ2v) is 10.6. The molecule has 33 heavy (non-hydrogen) atoms. The van der Waals surface area contributed by atoms with Gasteiger partial charge in [-0.2, -0.15) is 0 Å². The second kappa shape index (κ2) is 8.24. The van der Waals surface area contributed by atoms with Crippen LogP contribution in [-0.4, -0.2) is 59.6 Å². The number of hydrogen-bond donors (Lipinski definition) is 0. The number of hydrogen-bond acceptors (Lipinski definition) is 8. The molecule has 8 atom stereocenters. The highest BCUT2D eigenvalue weighted by Gasteiger charge is 2.61. The number of carbonyl (C=O) groups is 3. The molecular weight excluding hydrogens is 428 g/mol. The van der Waals surface area contributed by atoms with E-state index in [-0.39, 0.29) is 29.7 Å². The standard InChI is InChI=1S/C25H34O8/c1-12(2)8-20(26)29-16-10-19-24(6,33-19)11-18(31-23(28)25(7)15(5)32-25)21-14(4)22(27)30-17(21)9-13(16)3/h9,12,15-19,21H,4,8,10-11H2,1-3,5-7H3. The number of ether oxygens (including phenoxy) is 5. The molecule has 4 rings (SSSR count). The van der Waals surface area contributed by atoms with E-state index in [9.17, 15) is 14.4 Å². The van der Waals surface area contributed by atoms with Gasteiger partial charge in [0.25, 0.3) is 0 Å². The molecule has 0 saturated carbocycles. The number of fused-ring (bicyclic) bond motifs is 2. The van der Waals surface area contributed by atoms with Crippen molar-refractivity contribution in [2.75, 3.05) is 0 Å². The predicted molar refractivity (Wildman–Crippen MR) is 117 cm³/mol. The van der Waals surface area contributed by atoms with Gasteiger partial charge in [0.05, 0.1) is 23.7 Å². The first-order valence-electron chi connectivity index (χ1n) is 11.7. The van der Waals surface area contributed by atoms with Gasteiger partial charge >= 0.3 is 17.9 Å². The maximum Gasteiger partial charge on any atom is 0.341 e. The smallest absolute Gasteiger partial charge is 0.341 e. The van der Waals surface area contributed by atoms with Gasteiger partial charge in [0, 0.05) is 24.8 Å². The van der Waals surface area contributed by atoms with E-state index in [2.05, 4.69) is 6.58 Å². The fourth-order valence-corrected chi connectivity index (χ4v) is 4.82. The van der Waals surface area contributed by atoms with E-state index in [1.165, 1.54) is 0 Å². The third kappa shape index (κ3) is 4.60. The van der Waals surface area contributed by atoms with Crippen LogP contribution in [0.2, 0.25) is 0 Å². The molecule has 182 valence electrons. The molecular formula is C25H34O8. The summed E-state index contributed by atoms with van der Waals surface area (Å²) in [5.41, 5.74) is -0.549. The molecule has 0 aromatic heterocycles. The van der Waals surface area contributed by atoms with Gasteiger partial charge in [-0.1, -0.05) is 20.4 Å². The molecule has 0 aromatic carbocycles. The van der Waals surface area contributed by atoms with Crippen LogP contribution in [0.3, 0.4) is 0 Å². The minimum atomic E-state index is -0.984. The molecule has 0 bridgehead atoms. The molecule has 0 aromatic rings. The molecule has 3 heterocycles. The minimum Gasteiger partial charge on any atom is -0.459 e. The molecule has 1 aliphatic carbocycles. The van der Waals surface area contributed by atoms with Crippen molar-refractivity contribution in [3.63, 3.8) is 0 Å². The zero-order valence-corrected chi connectivity index (χ0v) is 20.2. The fraction of sp³-hybridized carbons (Fsp3) is 0.720. The van der Waals surface area contributed by atoms with Crippen LogP contribution in [0.25, 0.3) is 0 Å². The number of carbonyl (C=O) groups excluding carboxylic acids is 3. The Balaban J connectivity index is 1.63. The van der Waals surface area contributed by atoms with Gasteiger partial charge < -0.3 is 23.7 Å². The molecule has 8 unspecified atom stereocenters. The first-order valence-corrected chi connectivity index (χ1v) is 11.7. The Morgan fingerprint density at radius 3 is 2.52 bits per heavy atom. The summed E-state index contributed by atoms with van der Waals surface area (Å²) in [6.07, 6.45) is 0.710. The average Bonchev–Trinajstić information content (AvgIpc) is 3.49. The topological polar surface area (TPSA) is 104 Å². The maximum atomic E-state index is 12.9. The van der Waals surface area contributed by atoms with Crippen LogP contribution in [-0.2, 0) is 38.1 Å². The van der Waals surface area contributed by atoms with E-state index in [1.807, 2.05) is 34.6 Å². The summed E-state index contributed by atoms with van der Waals surface area (Å²) >= 11 is 0. The SMILES string of the molecule is C=C1C(=O)OC2C=C(C)C(OC(=O)CC(C)C)CC3OC3(C)CC(OC(=O)C3(C)OC3C)C12. The van der Waals surface area contributed by atoms with Crippen LogP contribution in [0.5, 0.6) is 0 Å². The lowest BCUT2D eigenvalue weighted by Crippen LogP contribution is -2.40. The molecule has 0 radical (unpaired) electrons. The van der Waals surface area contributed by atoms with Crippen LogP contribution in [0.15, 0.2) is 23.8 Å². The van der Waals surface area contributed by atoms with Crippen molar-refractivity contribution in [3.8, 4) is 0 Å². The monoisotopic (exact) mass is 462 g/mol. The van der Waals surface area contributed by atoms with E-state index < -0.39 is 47.4 Å². The maximum absolute atomic E-state index is 12.9. The van der Waals surface area contributed by atoms with Crippen LogP contribution in [0.1, 0.15) is 60.8 Å².